The van der Waals surface area contributed by atoms with E-state index in [9.17, 15) is 4.79 Å². The van der Waals surface area contributed by atoms with Crippen molar-refractivity contribution in [2.75, 3.05) is 6.79 Å². The SMILES string of the molecule is Cc1ccccc1C(CC(=O)NCc1ccc2c(c1)OCO2)c1cnc2c(OCc3ccccc3)cccn12. The number of carbonyl (C=O) groups is 1. The minimum absolute atomic E-state index is 0.0487. The van der Waals surface area contributed by atoms with Gasteiger partial charge in [0.1, 0.15) is 6.61 Å². The molecule has 0 spiro atoms. The van der Waals surface area contributed by atoms with E-state index in [1.807, 2.05) is 89.6 Å². The number of aryl methyl sites for hydroxylation is 1. The predicted octanol–water partition coefficient (Wildman–Crippen LogP) is 5.79. The second kappa shape index (κ2) is 10.9. The van der Waals surface area contributed by atoms with Crippen molar-refractivity contribution in [2.24, 2.45) is 0 Å². The van der Waals surface area contributed by atoms with Gasteiger partial charge in [0.2, 0.25) is 12.7 Å². The van der Waals surface area contributed by atoms with Gasteiger partial charge in [-0.05, 0) is 53.4 Å². The Labute approximate surface area is 227 Å². The van der Waals surface area contributed by atoms with Crippen LogP contribution < -0.4 is 19.5 Å². The van der Waals surface area contributed by atoms with Gasteiger partial charge in [-0.1, -0.05) is 60.7 Å². The molecule has 1 amide bonds. The molecule has 5 aromatic rings. The molecule has 0 radical (unpaired) electrons. The van der Waals surface area contributed by atoms with Crippen molar-refractivity contribution in [1.29, 1.82) is 0 Å². The summed E-state index contributed by atoms with van der Waals surface area (Å²) in [5.41, 5.74) is 5.91. The van der Waals surface area contributed by atoms with Crippen molar-refractivity contribution in [3.8, 4) is 17.2 Å². The van der Waals surface area contributed by atoms with Gasteiger partial charge in [0.05, 0.1) is 5.69 Å². The minimum atomic E-state index is -0.192. The highest BCUT2D eigenvalue weighted by molar-refractivity contribution is 5.77. The summed E-state index contributed by atoms with van der Waals surface area (Å²) in [6, 6.07) is 27.8. The average molecular weight is 520 g/mol. The van der Waals surface area contributed by atoms with Crippen LogP contribution in [0.25, 0.3) is 5.65 Å². The van der Waals surface area contributed by atoms with Crippen LogP contribution in [-0.4, -0.2) is 22.1 Å². The Morgan fingerprint density at radius 3 is 2.67 bits per heavy atom. The molecule has 0 saturated carbocycles. The van der Waals surface area contributed by atoms with Crippen LogP contribution in [-0.2, 0) is 17.9 Å². The molecular formula is C32H29N3O4. The number of carbonyl (C=O) groups excluding carboxylic acids is 1. The maximum Gasteiger partial charge on any atom is 0.231 e. The van der Waals surface area contributed by atoms with E-state index in [0.29, 0.717) is 24.7 Å². The van der Waals surface area contributed by atoms with Crippen LogP contribution in [0.1, 0.15) is 40.3 Å². The summed E-state index contributed by atoms with van der Waals surface area (Å²) in [4.78, 5) is 18.0. The Kier molecular flexibility index (Phi) is 6.87. The molecule has 39 heavy (non-hydrogen) atoms. The number of fused-ring (bicyclic) bond motifs is 2. The van der Waals surface area contributed by atoms with Crippen LogP contribution in [0.4, 0.5) is 0 Å². The van der Waals surface area contributed by atoms with Crippen molar-refractivity contribution < 1.29 is 19.0 Å². The topological polar surface area (TPSA) is 74.1 Å². The number of hydrogen-bond acceptors (Lipinski definition) is 5. The quantitative estimate of drug-likeness (QED) is 0.267. The Morgan fingerprint density at radius 2 is 1.79 bits per heavy atom. The first-order valence-corrected chi connectivity index (χ1v) is 13.0. The average Bonchev–Trinajstić information content (AvgIpc) is 3.62. The fraction of sp³-hybridized carbons (Fsp3) is 0.188. The molecule has 1 aliphatic heterocycles. The highest BCUT2D eigenvalue weighted by Gasteiger charge is 2.24. The van der Waals surface area contributed by atoms with E-state index in [1.165, 1.54) is 0 Å². The van der Waals surface area contributed by atoms with E-state index in [-0.39, 0.29) is 25.0 Å². The summed E-state index contributed by atoms with van der Waals surface area (Å²) in [5, 5.41) is 3.08. The first-order valence-electron chi connectivity index (χ1n) is 13.0. The van der Waals surface area contributed by atoms with Crippen LogP contribution in [0.15, 0.2) is 97.3 Å². The zero-order valence-electron chi connectivity index (χ0n) is 21.7. The van der Waals surface area contributed by atoms with Crippen LogP contribution in [0.2, 0.25) is 0 Å². The maximum absolute atomic E-state index is 13.3. The lowest BCUT2D eigenvalue weighted by Gasteiger charge is -2.20. The van der Waals surface area contributed by atoms with Crippen LogP contribution in [0, 0.1) is 6.92 Å². The number of aromatic nitrogens is 2. The number of ether oxygens (including phenoxy) is 3. The Balaban J connectivity index is 1.25. The number of nitrogens with zero attached hydrogens (tertiary/aromatic N) is 2. The van der Waals surface area contributed by atoms with E-state index in [0.717, 1.165) is 39.3 Å². The third-order valence-electron chi connectivity index (χ3n) is 7.00. The lowest BCUT2D eigenvalue weighted by atomic mass is 9.89. The van der Waals surface area contributed by atoms with Gasteiger partial charge in [0, 0.05) is 31.3 Å². The molecule has 1 unspecified atom stereocenters. The number of nitrogens with one attached hydrogen (secondary N) is 1. The van der Waals surface area contributed by atoms with Gasteiger partial charge in [0.25, 0.3) is 0 Å². The molecule has 1 atom stereocenters. The smallest absolute Gasteiger partial charge is 0.231 e. The summed E-state index contributed by atoms with van der Waals surface area (Å²) < 4.78 is 19.0. The standard InChI is InChI=1S/C32H29N3O4/c1-22-8-5-6-11-25(22)26(17-31(36)33-18-24-13-14-28-30(16-24)39-21-38-28)27-19-34-32-29(12-7-15-35(27)32)37-20-23-9-3-2-4-10-23/h2-16,19,26H,17-18,20-21H2,1H3,(H,33,36). The Morgan fingerprint density at radius 1 is 0.974 bits per heavy atom. The summed E-state index contributed by atoms with van der Waals surface area (Å²) >= 11 is 0. The number of pyridine rings is 1. The number of hydrogen-bond donors (Lipinski definition) is 1. The maximum atomic E-state index is 13.3. The largest absolute Gasteiger partial charge is 0.485 e. The number of amides is 1. The second-order valence-electron chi connectivity index (χ2n) is 9.60. The molecule has 0 fully saturated rings. The van der Waals surface area contributed by atoms with E-state index in [2.05, 4.69) is 24.4 Å². The van der Waals surface area contributed by atoms with Crippen molar-refractivity contribution in [3.05, 3.63) is 125 Å². The second-order valence-corrected chi connectivity index (χ2v) is 9.60. The van der Waals surface area contributed by atoms with Crippen LogP contribution in [0.3, 0.4) is 0 Å². The van der Waals surface area contributed by atoms with Crippen LogP contribution in [0.5, 0.6) is 17.2 Å². The third-order valence-corrected chi connectivity index (χ3v) is 7.00. The number of imidazole rings is 1. The molecule has 7 nitrogen and oxygen atoms in total. The van der Waals surface area contributed by atoms with Gasteiger partial charge in [-0.15, -0.1) is 0 Å². The highest BCUT2D eigenvalue weighted by Crippen LogP contribution is 2.34. The van der Waals surface area contributed by atoms with Crippen molar-refractivity contribution in [2.45, 2.75) is 32.4 Å². The van der Waals surface area contributed by atoms with Crippen molar-refractivity contribution in [1.82, 2.24) is 14.7 Å². The lowest BCUT2D eigenvalue weighted by molar-refractivity contribution is -0.121. The van der Waals surface area contributed by atoms with Gasteiger partial charge in [-0.3, -0.25) is 4.79 Å². The van der Waals surface area contributed by atoms with Crippen molar-refractivity contribution >= 4 is 11.6 Å². The first kappa shape index (κ1) is 24.6. The molecule has 1 aliphatic rings. The Hall–Kier alpha value is -4.78. The molecule has 0 bridgehead atoms. The molecule has 3 heterocycles. The van der Waals surface area contributed by atoms with Gasteiger partial charge in [-0.25, -0.2) is 4.98 Å². The molecule has 3 aromatic carbocycles. The molecule has 2 aromatic heterocycles. The van der Waals surface area contributed by atoms with E-state index in [4.69, 9.17) is 19.2 Å². The number of benzene rings is 3. The minimum Gasteiger partial charge on any atom is -0.485 e. The molecule has 196 valence electrons. The zero-order valence-corrected chi connectivity index (χ0v) is 21.7. The van der Waals surface area contributed by atoms with E-state index < -0.39 is 0 Å². The summed E-state index contributed by atoms with van der Waals surface area (Å²) in [6.07, 6.45) is 4.11. The normalized spacial score (nSPS) is 12.8. The Bertz CT molecular complexity index is 1610. The van der Waals surface area contributed by atoms with Gasteiger partial charge < -0.3 is 23.9 Å². The molecule has 0 saturated heterocycles. The van der Waals surface area contributed by atoms with E-state index in [1.54, 1.807) is 0 Å². The first-order chi connectivity index (χ1) is 19.2. The highest BCUT2D eigenvalue weighted by atomic mass is 16.7. The lowest BCUT2D eigenvalue weighted by Crippen LogP contribution is -2.25. The molecule has 7 heteroatoms. The summed E-state index contributed by atoms with van der Waals surface area (Å²) in [6.45, 7) is 3.15. The fourth-order valence-corrected chi connectivity index (χ4v) is 4.97. The van der Waals surface area contributed by atoms with Crippen LogP contribution >= 0.6 is 0 Å². The van der Waals surface area contributed by atoms with Gasteiger partial charge in [-0.2, -0.15) is 0 Å². The monoisotopic (exact) mass is 519 g/mol. The molecular weight excluding hydrogens is 490 g/mol. The van der Waals surface area contributed by atoms with Gasteiger partial charge >= 0.3 is 0 Å². The zero-order chi connectivity index (χ0) is 26.6. The molecule has 0 aliphatic carbocycles. The molecule has 6 rings (SSSR count). The summed E-state index contributed by atoms with van der Waals surface area (Å²) in [7, 11) is 0. The predicted molar refractivity (Wildman–Crippen MR) is 148 cm³/mol. The number of rotatable bonds is 9. The van der Waals surface area contributed by atoms with Gasteiger partial charge in [0.15, 0.2) is 22.9 Å². The summed E-state index contributed by atoms with van der Waals surface area (Å²) in [5.74, 6) is 1.89. The van der Waals surface area contributed by atoms with E-state index >= 15 is 0 Å². The molecule has 1 N–H and O–H groups in total. The van der Waals surface area contributed by atoms with Crippen molar-refractivity contribution in [3.63, 3.8) is 0 Å². The fourth-order valence-electron chi connectivity index (χ4n) is 4.97. The third kappa shape index (κ3) is 5.29.